The van der Waals surface area contributed by atoms with Crippen LogP contribution < -0.4 is 16.2 Å². The number of pyridine rings is 1. The molecule has 0 aliphatic carbocycles. The fraction of sp³-hybridized carbons (Fsp3) is 0.0769. The summed E-state index contributed by atoms with van der Waals surface area (Å²) in [5.74, 6) is 0.619. The fourth-order valence-corrected chi connectivity index (χ4v) is 4.36. The fourth-order valence-electron chi connectivity index (χ4n) is 3.73. The van der Waals surface area contributed by atoms with E-state index in [4.69, 9.17) is 20.8 Å². The first-order chi connectivity index (χ1) is 17.3. The highest BCUT2D eigenvalue weighted by atomic mass is 32.2. The summed E-state index contributed by atoms with van der Waals surface area (Å²) in [5, 5.41) is 9.49. The number of nitrogens with two attached hydrogens (primary N) is 2. The van der Waals surface area contributed by atoms with Gasteiger partial charge in [-0.3, -0.25) is 4.99 Å². The van der Waals surface area contributed by atoms with Gasteiger partial charge in [-0.05, 0) is 36.3 Å². The van der Waals surface area contributed by atoms with E-state index in [9.17, 15) is 8.42 Å². The highest BCUT2D eigenvalue weighted by Crippen LogP contribution is 2.34. The van der Waals surface area contributed by atoms with E-state index in [1.54, 1.807) is 18.4 Å². The number of aliphatic imine (C=N–C) groups is 1. The van der Waals surface area contributed by atoms with Gasteiger partial charge in [-0.15, -0.1) is 0 Å². The normalized spacial score (nSPS) is 12.2. The summed E-state index contributed by atoms with van der Waals surface area (Å²) in [6.07, 6.45) is 6.58. The molecule has 2 aromatic carbocycles. The van der Waals surface area contributed by atoms with Gasteiger partial charge in [-0.25, -0.2) is 28.5 Å². The van der Waals surface area contributed by atoms with E-state index in [0.717, 1.165) is 22.2 Å². The highest BCUT2D eigenvalue weighted by molar-refractivity contribution is 7.89. The Morgan fingerprint density at radius 3 is 2.58 bits per heavy atom. The van der Waals surface area contributed by atoms with Gasteiger partial charge < -0.3 is 11.1 Å². The van der Waals surface area contributed by atoms with Crippen molar-refractivity contribution < 1.29 is 8.42 Å². The second kappa shape index (κ2) is 10.5. The summed E-state index contributed by atoms with van der Waals surface area (Å²) in [6.45, 7) is 5.95. The summed E-state index contributed by atoms with van der Waals surface area (Å²) >= 11 is 0. The van der Waals surface area contributed by atoms with E-state index in [0.29, 0.717) is 23.4 Å². The van der Waals surface area contributed by atoms with Crippen LogP contribution in [-0.2, 0) is 10.0 Å². The van der Waals surface area contributed by atoms with E-state index in [1.165, 1.54) is 12.3 Å². The number of primary sulfonamides is 1. The molecular weight excluding hydrogens is 474 g/mol. The lowest BCUT2D eigenvalue weighted by molar-refractivity contribution is 0.598. The number of nitrogens with one attached hydrogen (secondary N) is 1. The van der Waals surface area contributed by atoms with Crippen molar-refractivity contribution in [3.05, 3.63) is 85.2 Å². The van der Waals surface area contributed by atoms with Crippen molar-refractivity contribution in [2.75, 3.05) is 17.6 Å². The predicted molar refractivity (Wildman–Crippen MR) is 145 cm³/mol. The molecule has 0 atom stereocenters. The zero-order valence-electron chi connectivity index (χ0n) is 19.6. The standard InChI is InChI=1S/C26H25N7O2S/c1-3-9-19(29-4-2)16-31-26-23-20(17-10-6-5-7-11-17)12-8-13-21(23)32-25(33-26)18-14-22(36(28,34)35)24(27)30-15-18/h3-15H,1,16H2,2H3,(H2,27,30)(H2,28,34,35)(H,31,32,33)/b19-9-,29-4-. The molecule has 0 fully saturated rings. The number of sulfonamides is 1. The number of nitrogen functional groups attached to an aromatic ring is 1. The van der Waals surface area contributed by atoms with Crippen LogP contribution in [0.1, 0.15) is 6.92 Å². The third-order valence-electron chi connectivity index (χ3n) is 5.30. The van der Waals surface area contributed by atoms with Crippen LogP contribution in [0.5, 0.6) is 0 Å². The van der Waals surface area contributed by atoms with Crippen LogP contribution in [0.3, 0.4) is 0 Å². The van der Waals surface area contributed by atoms with Crippen molar-refractivity contribution in [2.24, 2.45) is 10.1 Å². The van der Waals surface area contributed by atoms with Gasteiger partial charge in [0, 0.05) is 18.0 Å². The average Bonchev–Trinajstić information content (AvgIpc) is 2.87. The average molecular weight is 500 g/mol. The first kappa shape index (κ1) is 24.7. The molecule has 0 aliphatic rings. The number of nitrogens with zero attached hydrogens (tertiary/aromatic N) is 4. The first-order valence-corrected chi connectivity index (χ1v) is 12.6. The maximum atomic E-state index is 12.0. The molecule has 0 radical (unpaired) electrons. The Hall–Kier alpha value is -4.41. The molecule has 9 nitrogen and oxygen atoms in total. The second-order valence-electron chi connectivity index (χ2n) is 7.75. The van der Waals surface area contributed by atoms with Crippen LogP contribution in [0.25, 0.3) is 33.4 Å². The molecule has 0 spiro atoms. The van der Waals surface area contributed by atoms with Crippen molar-refractivity contribution in [2.45, 2.75) is 11.8 Å². The van der Waals surface area contributed by atoms with Gasteiger partial charge >= 0.3 is 0 Å². The molecule has 4 rings (SSSR count). The quantitative estimate of drug-likeness (QED) is 0.243. The van der Waals surface area contributed by atoms with Gasteiger partial charge in [0.1, 0.15) is 16.5 Å². The zero-order valence-corrected chi connectivity index (χ0v) is 20.4. The van der Waals surface area contributed by atoms with E-state index in [-0.39, 0.29) is 16.5 Å². The van der Waals surface area contributed by atoms with Gasteiger partial charge in [-0.2, -0.15) is 0 Å². The van der Waals surface area contributed by atoms with E-state index < -0.39 is 10.0 Å². The molecule has 0 saturated carbocycles. The molecule has 0 amide bonds. The largest absolute Gasteiger partial charge is 0.383 e. The summed E-state index contributed by atoms with van der Waals surface area (Å²) in [5.41, 5.74) is 9.46. The maximum absolute atomic E-state index is 12.0. The molecule has 0 bridgehead atoms. The van der Waals surface area contributed by atoms with Gasteiger partial charge in [0.15, 0.2) is 5.82 Å². The van der Waals surface area contributed by atoms with Crippen molar-refractivity contribution >= 4 is 38.8 Å². The number of anilines is 2. The van der Waals surface area contributed by atoms with Crippen LogP contribution in [0.2, 0.25) is 0 Å². The lowest BCUT2D eigenvalue weighted by atomic mass is 10.0. The van der Waals surface area contributed by atoms with Gasteiger partial charge in [-0.1, -0.05) is 55.1 Å². The molecule has 0 aliphatic heterocycles. The van der Waals surface area contributed by atoms with Crippen molar-refractivity contribution in [1.29, 1.82) is 0 Å². The van der Waals surface area contributed by atoms with Crippen LogP contribution in [-0.4, -0.2) is 36.1 Å². The molecule has 2 aromatic heterocycles. The summed E-state index contributed by atoms with van der Waals surface area (Å²) < 4.78 is 24.0. The van der Waals surface area contributed by atoms with E-state index in [2.05, 4.69) is 21.9 Å². The number of hydrogen-bond acceptors (Lipinski definition) is 8. The lowest BCUT2D eigenvalue weighted by Crippen LogP contribution is -2.15. The summed E-state index contributed by atoms with van der Waals surface area (Å²) in [6, 6.07) is 17.0. The summed E-state index contributed by atoms with van der Waals surface area (Å²) in [4.78, 5) is 17.6. The first-order valence-electron chi connectivity index (χ1n) is 11.0. The Bertz CT molecular complexity index is 1600. The maximum Gasteiger partial charge on any atom is 0.241 e. The third-order valence-corrected chi connectivity index (χ3v) is 6.24. The van der Waals surface area contributed by atoms with E-state index >= 15 is 0 Å². The SMILES string of the molecule is C=C/C=C(CNc1nc(-c2cnc(N)c(S(N)(=O)=O)c2)nc2cccc(-c3ccccc3)c12)\N=C/C. The number of aromatic nitrogens is 3. The van der Waals surface area contributed by atoms with Gasteiger partial charge in [0.25, 0.3) is 0 Å². The van der Waals surface area contributed by atoms with Crippen molar-refractivity contribution in [3.8, 4) is 22.5 Å². The topological polar surface area (TPSA) is 149 Å². The summed E-state index contributed by atoms with van der Waals surface area (Å²) in [7, 11) is -4.08. The third kappa shape index (κ3) is 5.29. The van der Waals surface area contributed by atoms with E-state index in [1.807, 2.05) is 55.5 Å². The van der Waals surface area contributed by atoms with Crippen LogP contribution in [0.4, 0.5) is 11.6 Å². The Morgan fingerprint density at radius 1 is 1.11 bits per heavy atom. The number of fused-ring (bicyclic) bond motifs is 1. The smallest absolute Gasteiger partial charge is 0.241 e. The van der Waals surface area contributed by atoms with Crippen LogP contribution >= 0.6 is 0 Å². The number of benzene rings is 2. The molecule has 36 heavy (non-hydrogen) atoms. The Kier molecular flexibility index (Phi) is 7.18. The second-order valence-corrected chi connectivity index (χ2v) is 9.28. The zero-order chi connectivity index (χ0) is 25.7. The number of hydrogen-bond donors (Lipinski definition) is 3. The molecule has 5 N–H and O–H groups in total. The minimum atomic E-state index is -4.08. The number of rotatable bonds is 8. The molecule has 0 unspecified atom stereocenters. The van der Waals surface area contributed by atoms with Gasteiger partial charge in [0.05, 0.1) is 23.1 Å². The molecule has 4 aromatic rings. The molecule has 10 heteroatoms. The Morgan fingerprint density at radius 2 is 1.89 bits per heavy atom. The van der Waals surface area contributed by atoms with Crippen molar-refractivity contribution in [3.63, 3.8) is 0 Å². The minimum absolute atomic E-state index is 0.191. The monoisotopic (exact) mass is 499 g/mol. The van der Waals surface area contributed by atoms with Gasteiger partial charge in [0.2, 0.25) is 10.0 Å². The highest BCUT2D eigenvalue weighted by Gasteiger charge is 2.18. The molecule has 0 saturated heterocycles. The minimum Gasteiger partial charge on any atom is -0.383 e. The number of allylic oxidation sites excluding steroid dienone is 2. The molecule has 2 heterocycles. The van der Waals surface area contributed by atoms with Crippen LogP contribution in [0, 0.1) is 0 Å². The Labute approximate surface area is 209 Å². The molecular formula is C26H25N7O2S. The predicted octanol–water partition coefficient (Wildman–Crippen LogP) is 4.16. The Balaban J connectivity index is 1.93. The van der Waals surface area contributed by atoms with Crippen LogP contribution in [0.15, 0.2) is 95.1 Å². The van der Waals surface area contributed by atoms with Crippen molar-refractivity contribution in [1.82, 2.24) is 15.0 Å². The lowest BCUT2D eigenvalue weighted by Gasteiger charge is -2.15. The molecule has 182 valence electrons.